The molecule has 3 heterocycles. The number of carbonyl (C=O) groups excluding carboxylic acids is 1. The molecule has 3 aromatic rings. The first-order valence-electron chi connectivity index (χ1n) is 11.1. The van der Waals surface area contributed by atoms with Gasteiger partial charge in [-0.05, 0) is 47.5 Å². The number of rotatable bonds is 7. The third kappa shape index (κ3) is 4.60. The van der Waals surface area contributed by atoms with E-state index in [0.717, 1.165) is 4.47 Å². The smallest absolute Gasteiger partial charge is 0.338 e. The lowest BCUT2D eigenvalue weighted by molar-refractivity contribution is -0.139. The number of hydrogen-bond acceptors (Lipinski definition) is 9. The van der Waals surface area contributed by atoms with Gasteiger partial charge in [0.2, 0.25) is 5.88 Å². The van der Waals surface area contributed by atoms with Crippen molar-refractivity contribution in [3.63, 3.8) is 0 Å². The molecule has 0 bridgehead atoms. The molecule has 4 rings (SSSR count). The van der Waals surface area contributed by atoms with Gasteiger partial charge in [-0.1, -0.05) is 17.4 Å². The summed E-state index contributed by atoms with van der Waals surface area (Å²) >= 11 is 4.71. The molecule has 1 atom stereocenters. The average Bonchev–Trinajstić information content (AvgIpc) is 3.36. The maximum atomic E-state index is 13.7. The summed E-state index contributed by atoms with van der Waals surface area (Å²) in [5.74, 6) is 1.63. The number of benzene rings is 1. The molecule has 36 heavy (non-hydrogen) atoms. The van der Waals surface area contributed by atoms with Gasteiger partial charge >= 0.3 is 5.97 Å². The van der Waals surface area contributed by atoms with Crippen molar-refractivity contribution in [2.75, 3.05) is 39.8 Å². The zero-order valence-electron chi connectivity index (χ0n) is 20.7. The van der Waals surface area contributed by atoms with Gasteiger partial charge in [-0.25, -0.2) is 9.79 Å². The minimum Gasteiger partial charge on any atom is -0.493 e. The van der Waals surface area contributed by atoms with Gasteiger partial charge in [-0.3, -0.25) is 9.36 Å². The van der Waals surface area contributed by atoms with Crippen LogP contribution < -0.4 is 29.3 Å². The molecule has 0 aliphatic carbocycles. The van der Waals surface area contributed by atoms with E-state index in [4.69, 9.17) is 18.6 Å². The number of thiazole rings is 1. The second-order valence-electron chi connectivity index (χ2n) is 8.11. The number of esters is 1. The number of allylic oxidation sites excluding steroid dienone is 1. The predicted molar refractivity (Wildman–Crippen MR) is 141 cm³/mol. The first kappa shape index (κ1) is 25.8. The van der Waals surface area contributed by atoms with E-state index in [1.165, 1.54) is 23.0 Å². The van der Waals surface area contributed by atoms with Crippen LogP contribution in [-0.4, -0.2) is 45.5 Å². The summed E-state index contributed by atoms with van der Waals surface area (Å²) in [6, 6.07) is 6.34. The number of nitrogens with zero attached hydrogens (tertiary/aromatic N) is 3. The Morgan fingerprint density at radius 1 is 1.25 bits per heavy atom. The Morgan fingerprint density at radius 2 is 1.97 bits per heavy atom. The highest BCUT2D eigenvalue weighted by Gasteiger charge is 2.34. The summed E-state index contributed by atoms with van der Waals surface area (Å²) in [6.07, 6.45) is 1.68. The number of halogens is 1. The number of ether oxygens (including phenoxy) is 3. The van der Waals surface area contributed by atoms with E-state index in [0.29, 0.717) is 49.3 Å². The molecule has 9 nitrogen and oxygen atoms in total. The largest absolute Gasteiger partial charge is 0.493 e. The van der Waals surface area contributed by atoms with Gasteiger partial charge in [0.05, 0.1) is 47.1 Å². The number of fused-ring (bicyclic) bond motifs is 1. The van der Waals surface area contributed by atoms with Crippen LogP contribution in [0.2, 0.25) is 0 Å². The zero-order chi connectivity index (χ0) is 26.1. The normalized spacial score (nSPS) is 15.4. The Morgan fingerprint density at radius 3 is 2.58 bits per heavy atom. The average molecular weight is 576 g/mol. The van der Waals surface area contributed by atoms with Crippen molar-refractivity contribution in [1.82, 2.24) is 4.57 Å². The van der Waals surface area contributed by atoms with E-state index in [2.05, 4.69) is 20.9 Å². The van der Waals surface area contributed by atoms with Crippen molar-refractivity contribution < 1.29 is 23.4 Å². The molecule has 0 unspecified atom stereocenters. The summed E-state index contributed by atoms with van der Waals surface area (Å²) in [4.78, 5) is 33.7. The fourth-order valence-corrected chi connectivity index (χ4v) is 5.70. The molecule has 0 spiro atoms. The fourth-order valence-electron chi connectivity index (χ4n) is 4.01. The lowest BCUT2D eigenvalue weighted by atomic mass is 9.95. The molecule has 0 radical (unpaired) electrons. The van der Waals surface area contributed by atoms with Gasteiger partial charge in [0.1, 0.15) is 5.76 Å². The van der Waals surface area contributed by atoms with Gasteiger partial charge < -0.3 is 23.5 Å². The van der Waals surface area contributed by atoms with Crippen LogP contribution in [0.5, 0.6) is 11.5 Å². The minimum absolute atomic E-state index is 0.195. The van der Waals surface area contributed by atoms with Crippen LogP contribution in [0.4, 0.5) is 5.88 Å². The number of anilines is 1. The molecule has 0 saturated carbocycles. The van der Waals surface area contributed by atoms with Crippen molar-refractivity contribution in [3.05, 3.63) is 71.0 Å². The van der Waals surface area contributed by atoms with Crippen LogP contribution in [0.25, 0.3) is 6.08 Å². The molecule has 1 aliphatic heterocycles. The van der Waals surface area contributed by atoms with E-state index in [1.54, 1.807) is 51.3 Å². The Kier molecular flexibility index (Phi) is 7.41. The van der Waals surface area contributed by atoms with Crippen molar-refractivity contribution in [2.45, 2.75) is 19.9 Å². The Balaban J connectivity index is 1.95. The summed E-state index contributed by atoms with van der Waals surface area (Å²) < 4.78 is 24.8. The predicted octanol–water partition coefficient (Wildman–Crippen LogP) is 3.24. The van der Waals surface area contributed by atoms with Gasteiger partial charge in [-0.2, -0.15) is 0 Å². The standard InChI is InChI=1S/C25H26BrN3O6S/c1-7-34-24(31)20-13(2)27-25-29(21(20)14-8-9-17(32-5)18(10-14)33-6)22(30)19(36-25)12-15-11-16(26)23(35-15)28(3)4/h8-12,21H,7H2,1-6H3/b19-12+/t21-/m0/s1. The van der Waals surface area contributed by atoms with Crippen molar-refractivity contribution in [3.8, 4) is 11.5 Å². The molecule has 1 aromatic carbocycles. The molecule has 190 valence electrons. The van der Waals surface area contributed by atoms with Crippen LogP contribution in [0.3, 0.4) is 0 Å². The molecule has 11 heteroatoms. The van der Waals surface area contributed by atoms with Crippen LogP contribution in [0, 0.1) is 0 Å². The zero-order valence-corrected chi connectivity index (χ0v) is 23.2. The molecule has 0 fully saturated rings. The summed E-state index contributed by atoms with van der Waals surface area (Å²) in [6.45, 7) is 3.67. The quantitative estimate of drug-likeness (QED) is 0.399. The van der Waals surface area contributed by atoms with E-state index in [1.807, 2.05) is 19.0 Å². The second-order valence-corrected chi connectivity index (χ2v) is 9.98. The summed E-state index contributed by atoms with van der Waals surface area (Å²) in [5, 5.41) is 0. The molecule has 2 aromatic heterocycles. The molecule has 1 aliphatic rings. The van der Waals surface area contributed by atoms with Crippen LogP contribution in [0.15, 0.2) is 54.2 Å². The maximum absolute atomic E-state index is 13.7. The number of aromatic nitrogens is 1. The third-order valence-corrected chi connectivity index (χ3v) is 7.16. The van der Waals surface area contributed by atoms with Crippen LogP contribution in [0.1, 0.15) is 31.2 Å². The lowest BCUT2D eigenvalue weighted by Gasteiger charge is -2.25. The van der Waals surface area contributed by atoms with E-state index in [-0.39, 0.29) is 12.2 Å². The highest BCUT2D eigenvalue weighted by atomic mass is 79.9. The number of furan rings is 1. The number of carbonyl (C=O) groups is 1. The topological polar surface area (TPSA) is 95.5 Å². The fraction of sp³-hybridized carbons (Fsp3) is 0.320. The van der Waals surface area contributed by atoms with Crippen LogP contribution >= 0.6 is 27.3 Å². The Hall–Kier alpha value is -3.31. The first-order valence-corrected chi connectivity index (χ1v) is 12.7. The SMILES string of the molecule is CCOC(=O)C1=C(C)N=c2s/c(=C/c3cc(Br)c(N(C)C)o3)c(=O)n2[C@H]1c1ccc(OC)c(OC)c1. The Labute approximate surface area is 220 Å². The second kappa shape index (κ2) is 10.4. The van der Waals surface area contributed by atoms with Gasteiger partial charge in [0.15, 0.2) is 16.3 Å². The number of methoxy groups -OCH3 is 2. The van der Waals surface area contributed by atoms with Gasteiger partial charge in [0, 0.05) is 26.2 Å². The first-order chi connectivity index (χ1) is 17.2. The van der Waals surface area contributed by atoms with E-state index in [9.17, 15) is 9.59 Å². The number of hydrogen-bond donors (Lipinski definition) is 0. The van der Waals surface area contributed by atoms with E-state index >= 15 is 0 Å². The molecular weight excluding hydrogens is 550 g/mol. The highest BCUT2D eigenvalue weighted by Crippen LogP contribution is 2.36. The molecule has 0 N–H and O–H groups in total. The molecule has 0 saturated heterocycles. The van der Waals surface area contributed by atoms with Crippen molar-refractivity contribution >= 4 is 45.2 Å². The van der Waals surface area contributed by atoms with Gasteiger partial charge in [-0.15, -0.1) is 0 Å². The van der Waals surface area contributed by atoms with Gasteiger partial charge in [0.25, 0.3) is 5.56 Å². The lowest BCUT2D eigenvalue weighted by Crippen LogP contribution is -2.39. The van der Waals surface area contributed by atoms with E-state index < -0.39 is 12.0 Å². The third-order valence-electron chi connectivity index (χ3n) is 5.61. The maximum Gasteiger partial charge on any atom is 0.338 e. The van der Waals surface area contributed by atoms with Crippen molar-refractivity contribution in [2.24, 2.45) is 4.99 Å². The Bertz CT molecular complexity index is 1530. The minimum atomic E-state index is -0.761. The van der Waals surface area contributed by atoms with Crippen molar-refractivity contribution in [1.29, 1.82) is 0 Å². The molecule has 0 amide bonds. The summed E-state index contributed by atoms with van der Waals surface area (Å²) in [7, 11) is 6.81. The highest BCUT2D eigenvalue weighted by molar-refractivity contribution is 9.10. The molecular formula is C25H26BrN3O6S. The van der Waals surface area contributed by atoms with Crippen LogP contribution in [-0.2, 0) is 9.53 Å². The monoisotopic (exact) mass is 575 g/mol. The summed E-state index contributed by atoms with van der Waals surface area (Å²) in [5.41, 5.74) is 1.13.